The van der Waals surface area contributed by atoms with Crippen LogP contribution in [0, 0.1) is 11.8 Å². The van der Waals surface area contributed by atoms with E-state index in [1.54, 1.807) is 19.1 Å². The third kappa shape index (κ3) is 3.60. The van der Waals surface area contributed by atoms with E-state index in [1.807, 2.05) is 13.8 Å². The normalized spacial score (nSPS) is 19.0. The van der Waals surface area contributed by atoms with Crippen molar-refractivity contribution in [3.05, 3.63) is 35.4 Å². The molecule has 0 saturated heterocycles. The molecule has 8 heteroatoms. The van der Waals surface area contributed by atoms with Crippen molar-refractivity contribution in [2.45, 2.75) is 33.6 Å². The van der Waals surface area contributed by atoms with Crippen LogP contribution in [0.1, 0.15) is 54.3 Å². The molecule has 0 aliphatic carbocycles. The molecule has 3 amide bonds. The van der Waals surface area contributed by atoms with Gasteiger partial charge in [0.05, 0.1) is 23.5 Å². The summed E-state index contributed by atoms with van der Waals surface area (Å²) < 4.78 is 0. The average Bonchev–Trinajstić information content (AvgIpc) is 3.03. The Labute approximate surface area is 156 Å². The smallest absolute Gasteiger partial charge is 0.330 e. The second-order valence-electron chi connectivity index (χ2n) is 7.06. The highest BCUT2D eigenvalue weighted by Crippen LogP contribution is 2.25. The number of hydrogen-bond donors (Lipinski definition) is 0. The lowest BCUT2D eigenvalue weighted by Gasteiger charge is -2.16. The number of nitrogens with zero attached hydrogens (tertiary/aromatic N) is 3. The molecule has 1 aromatic carbocycles. The highest BCUT2D eigenvalue weighted by molar-refractivity contribution is 6.21. The predicted molar refractivity (Wildman–Crippen MR) is 95.4 cm³/mol. The number of benzene rings is 1. The number of hydrogen-bond acceptors (Lipinski definition) is 6. The van der Waals surface area contributed by atoms with Crippen LogP contribution in [0.4, 0.5) is 0 Å². The Morgan fingerprint density at radius 1 is 1.15 bits per heavy atom. The molecule has 0 N–H and O–H groups in total. The van der Waals surface area contributed by atoms with Crippen LogP contribution in [0.15, 0.2) is 29.4 Å². The van der Waals surface area contributed by atoms with Gasteiger partial charge in [0.2, 0.25) is 0 Å². The van der Waals surface area contributed by atoms with Crippen LogP contribution in [-0.4, -0.2) is 46.0 Å². The Balaban J connectivity index is 1.62. The molecule has 0 radical (unpaired) electrons. The van der Waals surface area contributed by atoms with E-state index in [4.69, 9.17) is 4.84 Å². The van der Waals surface area contributed by atoms with Crippen molar-refractivity contribution in [1.82, 2.24) is 10.1 Å². The fourth-order valence-corrected chi connectivity index (χ4v) is 3.00. The second kappa shape index (κ2) is 7.30. The van der Waals surface area contributed by atoms with Crippen LogP contribution in [0.25, 0.3) is 0 Å². The van der Waals surface area contributed by atoms with Crippen LogP contribution in [0.5, 0.6) is 0 Å². The molecular weight excluding hydrogens is 350 g/mol. The van der Waals surface area contributed by atoms with E-state index in [2.05, 4.69) is 5.10 Å². The van der Waals surface area contributed by atoms with E-state index in [-0.39, 0.29) is 23.5 Å². The van der Waals surface area contributed by atoms with Gasteiger partial charge in [-0.1, -0.05) is 31.0 Å². The first-order chi connectivity index (χ1) is 12.8. The van der Waals surface area contributed by atoms with Gasteiger partial charge in [-0.15, -0.1) is 0 Å². The Morgan fingerprint density at radius 2 is 1.74 bits per heavy atom. The summed E-state index contributed by atoms with van der Waals surface area (Å²) in [6.45, 7) is 6.26. The maximum Gasteiger partial charge on any atom is 0.334 e. The third-order valence-electron chi connectivity index (χ3n) is 4.57. The monoisotopic (exact) mass is 371 g/mol. The Morgan fingerprint density at radius 3 is 2.30 bits per heavy atom. The minimum Gasteiger partial charge on any atom is -0.330 e. The van der Waals surface area contributed by atoms with Gasteiger partial charge in [-0.3, -0.25) is 14.4 Å². The summed E-state index contributed by atoms with van der Waals surface area (Å²) in [7, 11) is 0. The lowest BCUT2D eigenvalue weighted by Crippen LogP contribution is -2.35. The van der Waals surface area contributed by atoms with Crippen LogP contribution in [0.2, 0.25) is 0 Å². The number of hydroxylamine groups is 2. The molecule has 0 bridgehead atoms. The minimum atomic E-state index is -0.830. The summed E-state index contributed by atoms with van der Waals surface area (Å²) in [5.41, 5.74) is 0.887. The molecule has 2 heterocycles. The second-order valence-corrected chi connectivity index (χ2v) is 7.06. The molecule has 1 unspecified atom stereocenters. The molecule has 0 saturated carbocycles. The van der Waals surface area contributed by atoms with Crippen molar-refractivity contribution in [2.24, 2.45) is 16.9 Å². The zero-order valence-corrected chi connectivity index (χ0v) is 15.5. The molecular formula is C19H21N3O5. The van der Waals surface area contributed by atoms with E-state index in [9.17, 15) is 19.2 Å². The number of fused-ring (bicyclic) bond motifs is 1. The maximum absolute atomic E-state index is 12.5. The number of amides is 3. The molecule has 142 valence electrons. The first-order valence-electron chi connectivity index (χ1n) is 8.84. The van der Waals surface area contributed by atoms with Crippen molar-refractivity contribution >= 4 is 29.4 Å². The fraction of sp³-hybridized carbons (Fsp3) is 0.421. The fourth-order valence-electron chi connectivity index (χ4n) is 3.00. The van der Waals surface area contributed by atoms with Crippen molar-refractivity contribution in [1.29, 1.82) is 0 Å². The molecule has 27 heavy (non-hydrogen) atoms. The summed E-state index contributed by atoms with van der Waals surface area (Å²) in [5, 5.41) is 6.04. The molecule has 1 aromatic rings. The summed E-state index contributed by atoms with van der Waals surface area (Å²) in [4.78, 5) is 54.2. The van der Waals surface area contributed by atoms with Crippen molar-refractivity contribution in [2.75, 3.05) is 6.54 Å². The SMILES string of the molecule is CC1=NN(CCC(C)C)C(=O)C1CC(=O)ON1C(=O)c2ccccc2C1=O. The van der Waals surface area contributed by atoms with E-state index in [0.29, 0.717) is 23.2 Å². The van der Waals surface area contributed by atoms with Gasteiger partial charge < -0.3 is 4.84 Å². The number of rotatable bonds is 6. The van der Waals surface area contributed by atoms with E-state index >= 15 is 0 Å². The molecule has 1 atom stereocenters. The summed E-state index contributed by atoms with van der Waals surface area (Å²) >= 11 is 0. The molecule has 3 rings (SSSR count). The summed E-state index contributed by atoms with van der Waals surface area (Å²) in [6, 6.07) is 6.23. The predicted octanol–water partition coefficient (Wildman–Crippen LogP) is 2.01. The summed E-state index contributed by atoms with van der Waals surface area (Å²) in [6.07, 6.45) is 0.522. The van der Waals surface area contributed by atoms with Crippen LogP contribution < -0.4 is 0 Å². The first-order valence-corrected chi connectivity index (χ1v) is 8.84. The largest absolute Gasteiger partial charge is 0.334 e. The molecule has 0 aromatic heterocycles. The maximum atomic E-state index is 12.5. The van der Waals surface area contributed by atoms with Crippen LogP contribution in [0.3, 0.4) is 0 Å². The standard InChI is InChI=1S/C19H21N3O5/c1-11(2)8-9-21-17(24)15(12(3)20-21)10-16(23)27-22-18(25)13-6-4-5-7-14(13)19(22)26/h4-7,11,15H,8-10H2,1-3H3. The van der Waals surface area contributed by atoms with Gasteiger partial charge in [0.15, 0.2) is 0 Å². The zero-order valence-electron chi connectivity index (χ0n) is 15.5. The van der Waals surface area contributed by atoms with E-state index in [0.717, 1.165) is 6.42 Å². The number of carbonyl (C=O) groups excluding carboxylic acids is 4. The molecule has 0 spiro atoms. The zero-order chi connectivity index (χ0) is 19.7. The number of carbonyl (C=O) groups is 4. The van der Waals surface area contributed by atoms with Gasteiger partial charge in [-0.25, -0.2) is 9.80 Å². The topological polar surface area (TPSA) is 96.3 Å². The molecule has 2 aliphatic heterocycles. The average molecular weight is 371 g/mol. The highest BCUT2D eigenvalue weighted by atomic mass is 16.7. The number of imide groups is 1. The van der Waals surface area contributed by atoms with Crippen molar-refractivity contribution in [3.8, 4) is 0 Å². The van der Waals surface area contributed by atoms with Crippen molar-refractivity contribution < 1.29 is 24.0 Å². The van der Waals surface area contributed by atoms with E-state index in [1.165, 1.54) is 17.1 Å². The lowest BCUT2D eigenvalue weighted by atomic mass is 10.0. The van der Waals surface area contributed by atoms with Gasteiger partial charge >= 0.3 is 5.97 Å². The molecule has 0 fully saturated rings. The van der Waals surface area contributed by atoms with Gasteiger partial charge in [-0.05, 0) is 31.4 Å². The molecule has 8 nitrogen and oxygen atoms in total. The highest BCUT2D eigenvalue weighted by Gasteiger charge is 2.40. The summed E-state index contributed by atoms with van der Waals surface area (Å²) in [5.74, 6) is -2.79. The van der Waals surface area contributed by atoms with Gasteiger partial charge in [0.25, 0.3) is 17.7 Å². The Bertz CT molecular complexity index is 811. The van der Waals surface area contributed by atoms with Gasteiger partial charge in [0.1, 0.15) is 0 Å². The van der Waals surface area contributed by atoms with Crippen LogP contribution in [-0.2, 0) is 14.4 Å². The third-order valence-corrected chi connectivity index (χ3v) is 4.57. The minimum absolute atomic E-state index is 0.185. The Hall–Kier alpha value is -3.03. The van der Waals surface area contributed by atoms with Crippen molar-refractivity contribution in [3.63, 3.8) is 0 Å². The molecule has 2 aliphatic rings. The van der Waals surface area contributed by atoms with Gasteiger partial charge in [-0.2, -0.15) is 5.10 Å². The van der Waals surface area contributed by atoms with Crippen LogP contribution >= 0.6 is 0 Å². The Kier molecular flexibility index (Phi) is 5.07. The first kappa shape index (κ1) is 18.8. The number of hydrazone groups is 1. The van der Waals surface area contributed by atoms with E-state index < -0.39 is 23.7 Å². The quantitative estimate of drug-likeness (QED) is 0.713. The van der Waals surface area contributed by atoms with Gasteiger partial charge in [0, 0.05) is 12.3 Å². The lowest BCUT2D eigenvalue weighted by molar-refractivity contribution is -0.170.